The van der Waals surface area contributed by atoms with E-state index in [0.29, 0.717) is 17.4 Å². The molecule has 156 valence electrons. The highest BCUT2D eigenvalue weighted by Gasteiger charge is 2.25. The number of benzene rings is 1. The van der Waals surface area contributed by atoms with Crippen LogP contribution in [0.1, 0.15) is 50.6 Å². The number of hydrogen-bond donors (Lipinski definition) is 3. The summed E-state index contributed by atoms with van der Waals surface area (Å²) >= 11 is 0. The Hall–Kier alpha value is -3.42. The lowest BCUT2D eigenvalue weighted by Gasteiger charge is -2.28. The molecule has 30 heavy (non-hydrogen) atoms. The summed E-state index contributed by atoms with van der Waals surface area (Å²) in [6.07, 6.45) is 8.09. The van der Waals surface area contributed by atoms with Crippen molar-refractivity contribution < 1.29 is 9.90 Å². The number of imidazole rings is 1. The van der Waals surface area contributed by atoms with Gasteiger partial charge in [-0.25, -0.2) is 14.6 Å². The second kappa shape index (κ2) is 8.14. The Kier molecular flexibility index (Phi) is 5.39. The SMILES string of the molecule is CC(C1CCCCC1)n1c(=O)[nH]c2[nH]c(-c3ccc(C=CC(=O)O)cc3)nc2c1=O. The first-order valence-electron chi connectivity index (χ1n) is 10.2. The van der Waals surface area contributed by atoms with Crippen LogP contribution in [-0.2, 0) is 4.79 Å². The van der Waals surface area contributed by atoms with Crippen LogP contribution in [0, 0.1) is 5.92 Å². The number of aliphatic carboxylic acids is 1. The summed E-state index contributed by atoms with van der Waals surface area (Å²) in [7, 11) is 0. The minimum absolute atomic E-state index is 0.175. The van der Waals surface area contributed by atoms with Crippen LogP contribution in [0.3, 0.4) is 0 Å². The average Bonchev–Trinajstić information content (AvgIpc) is 3.17. The van der Waals surface area contributed by atoms with E-state index in [1.165, 1.54) is 17.1 Å². The normalized spacial score (nSPS) is 16.3. The highest BCUT2D eigenvalue weighted by atomic mass is 16.4. The van der Waals surface area contributed by atoms with E-state index in [1.54, 1.807) is 24.3 Å². The molecule has 1 aliphatic rings. The number of fused-ring (bicyclic) bond motifs is 1. The Morgan fingerprint density at radius 1 is 1.17 bits per heavy atom. The third kappa shape index (κ3) is 3.85. The second-order valence-corrected chi connectivity index (χ2v) is 7.85. The number of H-pyrrole nitrogens is 2. The predicted octanol–water partition coefficient (Wildman–Crippen LogP) is 3.32. The molecule has 0 radical (unpaired) electrons. The zero-order chi connectivity index (χ0) is 21.3. The van der Waals surface area contributed by atoms with Gasteiger partial charge in [0.15, 0.2) is 5.52 Å². The van der Waals surface area contributed by atoms with E-state index < -0.39 is 11.7 Å². The van der Waals surface area contributed by atoms with Gasteiger partial charge in [0, 0.05) is 17.7 Å². The standard InChI is InChI=1S/C22H24N4O4/c1-13(15-5-3-2-4-6-15)26-21(29)18-20(25-22(26)30)24-19(23-18)16-10-7-14(8-11-16)9-12-17(27)28/h7-13,15H,2-6H2,1H3,(H,23,24)(H,25,30)(H,27,28). The van der Waals surface area contributed by atoms with Crippen molar-refractivity contribution in [3.63, 3.8) is 0 Å². The molecule has 3 aromatic rings. The maximum Gasteiger partial charge on any atom is 0.330 e. The second-order valence-electron chi connectivity index (χ2n) is 7.85. The van der Waals surface area contributed by atoms with Gasteiger partial charge < -0.3 is 10.1 Å². The quantitative estimate of drug-likeness (QED) is 0.559. The highest BCUT2D eigenvalue weighted by molar-refractivity contribution is 5.85. The molecule has 1 fully saturated rings. The molecule has 1 saturated carbocycles. The third-order valence-electron chi connectivity index (χ3n) is 5.92. The first kappa shape index (κ1) is 19.9. The van der Waals surface area contributed by atoms with Crippen LogP contribution < -0.4 is 11.2 Å². The summed E-state index contributed by atoms with van der Waals surface area (Å²) in [6, 6.07) is 6.90. The van der Waals surface area contributed by atoms with E-state index in [-0.39, 0.29) is 17.1 Å². The molecule has 2 aromatic heterocycles. The minimum atomic E-state index is -1.01. The van der Waals surface area contributed by atoms with Crippen molar-refractivity contribution in [2.24, 2.45) is 5.92 Å². The fourth-order valence-electron chi connectivity index (χ4n) is 4.25. The van der Waals surface area contributed by atoms with Gasteiger partial charge in [-0.15, -0.1) is 0 Å². The molecule has 0 amide bonds. The van der Waals surface area contributed by atoms with Crippen molar-refractivity contribution in [1.29, 1.82) is 0 Å². The number of carboxylic acids is 1. The summed E-state index contributed by atoms with van der Waals surface area (Å²) in [5.41, 5.74) is 1.18. The van der Waals surface area contributed by atoms with Gasteiger partial charge in [0.25, 0.3) is 5.56 Å². The third-order valence-corrected chi connectivity index (χ3v) is 5.92. The molecule has 1 atom stereocenters. The number of aromatic amines is 2. The van der Waals surface area contributed by atoms with E-state index >= 15 is 0 Å². The Morgan fingerprint density at radius 3 is 2.53 bits per heavy atom. The number of rotatable bonds is 5. The van der Waals surface area contributed by atoms with Crippen molar-refractivity contribution in [2.75, 3.05) is 0 Å². The van der Waals surface area contributed by atoms with Gasteiger partial charge >= 0.3 is 11.7 Å². The largest absolute Gasteiger partial charge is 0.478 e. The molecule has 8 heteroatoms. The van der Waals surface area contributed by atoms with Crippen molar-refractivity contribution in [3.8, 4) is 11.4 Å². The Morgan fingerprint density at radius 2 is 1.87 bits per heavy atom. The molecule has 0 bridgehead atoms. The summed E-state index contributed by atoms with van der Waals surface area (Å²) in [6.45, 7) is 1.94. The summed E-state index contributed by atoms with van der Waals surface area (Å²) in [5, 5.41) is 8.72. The first-order valence-corrected chi connectivity index (χ1v) is 10.2. The number of carboxylic acid groups (broad SMARTS) is 1. The number of nitrogens with zero attached hydrogens (tertiary/aromatic N) is 2. The predicted molar refractivity (Wildman–Crippen MR) is 114 cm³/mol. The molecular weight excluding hydrogens is 384 g/mol. The maximum absolute atomic E-state index is 13.1. The molecule has 3 N–H and O–H groups in total. The number of hydrogen-bond acceptors (Lipinski definition) is 4. The average molecular weight is 408 g/mol. The molecular formula is C22H24N4O4. The fraction of sp³-hybridized carbons (Fsp3) is 0.364. The van der Waals surface area contributed by atoms with E-state index in [2.05, 4.69) is 15.0 Å². The van der Waals surface area contributed by atoms with Gasteiger partial charge in [-0.1, -0.05) is 43.5 Å². The lowest BCUT2D eigenvalue weighted by Crippen LogP contribution is -2.40. The van der Waals surface area contributed by atoms with Crippen LogP contribution >= 0.6 is 0 Å². The Bertz CT molecular complexity index is 1210. The summed E-state index contributed by atoms with van der Waals surface area (Å²) in [5.74, 6) is -0.228. The Labute approximate surface area is 172 Å². The number of aromatic nitrogens is 4. The van der Waals surface area contributed by atoms with Crippen molar-refractivity contribution in [1.82, 2.24) is 19.5 Å². The topological polar surface area (TPSA) is 121 Å². The smallest absolute Gasteiger partial charge is 0.330 e. The molecule has 1 aromatic carbocycles. The van der Waals surface area contributed by atoms with E-state index in [1.807, 2.05) is 6.92 Å². The van der Waals surface area contributed by atoms with Gasteiger partial charge in [-0.2, -0.15) is 0 Å². The van der Waals surface area contributed by atoms with Gasteiger partial charge in [0.2, 0.25) is 0 Å². The molecule has 0 aliphatic heterocycles. The molecule has 8 nitrogen and oxygen atoms in total. The lowest BCUT2D eigenvalue weighted by molar-refractivity contribution is -0.131. The minimum Gasteiger partial charge on any atom is -0.478 e. The molecule has 1 aliphatic carbocycles. The first-order chi connectivity index (χ1) is 14.4. The highest BCUT2D eigenvalue weighted by Crippen LogP contribution is 2.31. The van der Waals surface area contributed by atoms with Crippen molar-refractivity contribution >= 4 is 23.2 Å². The molecule has 2 heterocycles. The van der Waals surface area contributed by atoms with Crippen LogP contribution in [0.2, 0.25) is 0 Å². The van der Waals surface area contributed by atoms with Crippen LogP contribution in [0.15, 0.2) is 39.9 Å². The fourth-order valence-corrected chi connectivity index (χ4v) is 4.25. The van der Waals surface area contributed by atoms with Crippen LogP contribution in [0.4, 0.5) is 0 Å². The summed E-state index contributed by atoms with van der Waals surface area (Å²) < 4.78 is 1.31. The maximum atomic E-state index is 13.1. The van der Waals surface area contributed by atoms with Gasteiger partial charge in [-0.05, 0) is 37.3 Å². The van der Waals surface area contributed by atoms with Crippen LogP contribution in [0.5, 0.6) is 0 Å². The molecule has 1 unspecified atom stereocenters. The van der Waals surface area contributed by atoms with Crippen LogP contribution in [0.25, 0.3) is 28.6 Å². The number of nitrogens with one attached hydrogen (secondary N) is 2. The molecule has 0 saturated heterocycles. The van der Waals surface area contributed by atoms with Crippen molar-refractivity contribution in [2.45, 2.75) is 45.1 Å². The van der Waals surface area contributed by atoms with Crippen LogP contribution in [-0.4, -0.2) is 30.6 Å². The van der Waals surface area contributed by atoms with Gasteiger partial charge in [-0.3, -0.25) is 14.3 Å². The van der Waals surface area contributed by atoms with E-state index in [9.17, 15) is 14.4 Å². The summed E-state index contributed by atoms with van der Waals surface area (Å²) in [4.78, 5) is 46.6. The van der Waals surface area contributed by atoms with E-state index in [0.717, 1.165) is 42.9 Å². The van der Waals surface area contributed by atoms with Gasteiger partial charge in [0.1, 0.15) is 11.5 Å². The Balaban J connectivity index is 1.69. The zero-order valence-corrected chi connectivity index (χ0v) is 16.7. The number of carbonyl (C=O) groups is 1. The molecule has 0 spiro atoms. The lowest BCUT2D eigenvalue weighted by atomic mass is 9.84. The zero-order valence-electron chi connectivity index (χ0n) is 16.7. The molecule has 4 rings (SSSR count). The van der Waals surface area contributed by atoms with E-state index in [4.69, 9.17) is 5.11 Å². The van der Waals surface area contributed by atoms with Crippen molar-refractivity contribution in [3.05, 3.63) is 56.7 Å². The monoisotopic (exact) mass is 408 g/mol. The van der Waals surface area contributed by atoms with Gasteiger partial charge in [0.05, 0.1) is 0 Å².